The molecule has 0 radical (unpaired) electrons. The molecule has 3 fully saturated rings. The van der Waals surface area contributed by atoms with E-state index in [1.54, 1.807) is 0 Å². The maximum absolute atomic E-state index is 16.2. The molecule has 3 saturated heterocycles. The molecule has 4 aromatic heterocycles. The number of halogens is 2. The molecule has 0 saturated carbocycles. The van der Waals surface area contributed by atoms with Gasteiger partial charge in [0.05, 0.1) is 25.6 Å². The molecule has 3 aliphatic heterocycles. The second-order valence-corrected chi connectivity index (χ2v) is 18.7. The molecule has 12 atom stereocenters. The highest BCUT2D eigenvalue weighted by Crippen LogP contribution is 2.54. The molecule has 59 heavy (non-hydrogen) atoms. The number of alkyl halides is 1. The van der Waals surface area contributed by atoms with Crippen molar-refractivity contribution < 1.29 is 55.8 Å². The van der Waals surface area contributed by atoms with Gasteiger partial charge >= 0.3 is 14.5 Å². The Bertz CT molecular complexity index is 2300. The lowest BCUT2D eigenvalue weighted by atomic mass is 10.1. The van der Waals surface area contributed by atoms with Gasteiger partial charge in [-0.05, 0) is 51.7 Å². The lowest BCUT2D eigenvalue weighted by Gasteiger charge is -2.31. The first-order chi connectivity index (χ1) is 28.0. The number of aromatic nitrogens is 7. The standard InChI is InChI=1S/C33H48F2N10O11P2S/c1-6-42(7-2)16(4)9-10-43(8-3)17(5)28-40-29-21(31(47)41-28)18(34)11-44(29)33-26-24(46)19(53-33)12-52-58(50,59)56-25-20(13-51-57(48,49)55-26)54-32(22(25)35)45-15-39-23-27(36)37-14-38-30(23)45/h11,14-17,19-20,22,24-26,32-33,46H,6-10,12-13H2,1-5H3,(H,48,49)(H,50,59)(H2,36,37,38)(H,40,41,47)/t16?,17?,19?,20?,22-,24-,25-,26-,32-,33-,58?/m1/s1. The van der Waals surface area contributed by atoms with Gasteiger partial charge in [0.2, 0.25) is 0 Å². The summed E-state index contributed by atoms with van der Waals surface area (Å²) in [7, 11) is -5.23. The molecule has 6 unspecified atom stereocenters. The van der Waals surface area contributed by atoms with E-state index in [9.17, 15) is 24.3 Å². The number of anilines is 1. The van der Waals surface area contributed by atoms with Gasteiger partial charge in [-0.25, -0.2) is 33.3 Å². The van der Waals surface area contributed by atoms with Gasteiger partial charge in [-0.2, -0.15) is 0 Å². The number of hydrogen-bond donors (Lipinski definition) is 5. The van der Waals surface area contributed by atoms with Gasteiger partial charge in [0.15, 0.2) is 41.6 Å². The molecular formula is C33H48F2N10O11P2S. The van der Waals surface area contributed by atoms with E-state index in [0.717, 1.165) is 36.6 Å². The smallest absolute Gasteiger partial charge is 0.387 e. The van der Waals surface area contributed by atoms with Crippen LogP contribution in [-0.2, 0) is 43.9 Å². The second-order valence-electron chi connectivity index (χ2n) is 14.5. The van der Waals surface area contributed by atoms with E-state index >= 15 is 8.78 Å². The molecule has 0 amide bonds. The van der Waals surface area contributed by atoms with Crippen LogP contribution in [0.5, 0.6) is 0 Å². The predicted octanol–water partition coefficient (Wildman–Crippen LogP) is 2.42. The molecule has 0 spiro atoms. The number of aliphatic hydroxyl groups excluding tert-OH is 1. The van der Waals surface area contributed by atoms with Crippen LogP contribution in [-0.4, -0.2) is 141 Å². The molecule has 4 aromatic rings. The molecule has 0 aromatic carbocycles. The largest absolute Gasteiger partial charge is 0.472 e. The minimum absolute atomic E-state index is 0.0159. The van der Waals surface area contributed by atoms with Crippen LogP contribution in [0, 0.1) is 5.82 Å². The van der Waals surface area contributed by atoms with E-state index in [1.807, 2.05) is 13.8 Å². The highest BCUT2D eigenvalue weighted by molar-refractivity contribution is 8.07. The zero-order valence-corrected chi connectivity index (χ0v) is 35.4. The Kier molecular flexibility index (Phi) is 13.0. The number of nitrogens with zero attached hydrogens (tertiary/aromatic N) is 8. The third-order valence-electron chi connectivity index (χ3n) is 11.1. The second kappa shape index (κ2) is 17.4. The first kappa shape index (κ1) is 44.1. The number of imidazole rings is 1. The quantitative estimate of drug-likeness (QED) is 0.135. The average molecular weight is 893 g/mol. The van der Waals surface area contributed by atoms with Crippen molar-refractivity contribution in [2.75, 3.05) is 45.1 Å². The van der Waals surface area contributed by atoms with Crippen molar-refractivity contribution in [3.63, 3.8) is 0 Å². The van der Waals surface area contributed by atoms with Gasteiger partial charge in [0.25, 0.3) is 5.56 Å². The molecule has 7 heterocycles. The summed E-state index contributed by atoms with van der Waals surface area (Å²) < 4.78 is 81.5. The normalized spacial score (nSPS) is 32.9. The van der Waals surface area contributed by atoms with Gasteiger partial charge in [-0.1, -0.05) is 20.8 Å². The summed E-state index contributed by atoms with van der Waals surface area (Å²) >= 11 is 5.22. The van der Waals surface area contributed by atoms with Crippen LogP contribution < -0.4 is 11.3 Å². The Morgan fingerprint density at radius 3 is 2.41 bits per heavy atom. The Labute approximate surface area is 341 Å². The van der Waals surface area contributed by atoms with Crippen LogP contribution in [0.3, 0.4) is 0 Å². The average Bonchev–Trinajstić information content (AvgIpc) is 3.93. The van der Waals surface area contributed by atoms with Gasteiger partial charge < -0.3 is 49.1 Å². The van der Waals surface area contributed by atoms with E-state index in [-0.39, 0.29) is 28.5 Å². The monoisotopic (exact) mass is 892 g/mol. The number of phosphoric ester groups is 1. The van der Waals surface area contributed by atoms with Crippen molar-refractivity contribution in [1.82, 2.24) is 43.9 Å². The van der Waals surface area contributed by atoms with Gasteiger partial charge in [0.1, 0.15) is 53.6 Å². The molecule has 6 N–H and O–H groups in total. The fraction of sp³-hybridized carbons (Fsp3) is 0.667. The highest BCUT2D eigenvalue weighted by atomic mass is 32.5. The summed E-state index contributed by atoms with van der Waals surface area (Å²) in [5.74, 6) is -0.773. The van der Waals surface area contributed by atoms with Gasteiger partial charge in [-0.15, -0.1) is 0 Å². The molecular weight excluding hydrogens is 844 g/mol. The molecule has 326 valence electrons. The molecule has 2 bridgehead atoms. The van der Waals surface area contributed by atoms with E-state index in [1.165, 1.54) is 10.9 Å². The summed E-state index contributed by atoms with van der Waals surface area (Å²) in [5.41, 5.74) is 5.13. The van der Waals surface area contributed by atoms with Crippen LogP contribution in [0.25, 0.3) is 22.2 Å². The van der Waals surface area contributed by atoms with Crippen LogP contribution in [0.15, 0.2) is 23.6 Å². The Hall–Kier alpha value is -2.93. The van der Waals surface area contributed by atoms with Crippen molar-refractivity contribution in [3.05, 3.63) is 40.8 Å². The minimum atomic E-state index is -5.23. The summed E-state index contributed by atoms with van der Waals surface area (Å²) in [5, 5.41) is 11.0. The van der Waals surface area contributed by atoms with E-state index in [0.29, 0.717) is 19.1 Å². The molecule has 26 heteroatoms. The number of rotatable bonds is 11. The first-order valence-corrected chi connectivity index (χ1v) is 23.2. The SMILES string of the molecule is CCN(CC)C(C)CCN(CC)C(C)c1nc2c(c(F)cn2[C@@H]2OC3COP(O)(=S)O[C@@H]4C(COP(=O)(O)O[C@@H]2[C@@H]3O)O[C@@H](n2cnc3c(N)ncnc32)[C@@H]4F)c(=O)[nH]1. The van der Waals surface area contributed by atoms with E-state index < -0.39 is 99.7 Å². The number of aromatic amines is 1. The molecule has 0 aliphatic carbocycles. The molecule has 21 nitrogen and oxygen atoms in total. The number of nitrogens with two attached hydrogens (primary N) is 1. The fourth-order valence-electron chi connectivity index (χ4n) is 7.83. The van der Waals surface area contributed by atoms with Crippen molar-refractivity contribution in [1.29, 1.82) is 0 Å². The number of phosphoric acid groups is 1. The summed E-state index contributed by atoms with van der Waals surface area (Å²) in [6.07, 6.45) is -9.51. The van der Waals surface area contributed by atoms with Crippen LogP contribution in [0.2, 0.25) is 0 Å². The van der Waals surface area contributed by atoms with E-state index in [4.69, 9.17) is 45.1 Å². The van der Waals surface area contributed by atoms with Crippen molar-refractivity contribution in [3.8, 4) is 0 Å². The summed E-state index contributed by atoms with van der Waals surface area (Å²) in [4.78, 5) is 59.5. The zero-order valence-electron chi connectivity index (χ0n) is 32.8. The summed E-state index contributed by atoms with van der Waals surface area (Å²) in [6, 6.07) is -0.147. The van der Waals surface area contributed by atoms with Gasteiger partial charge in [-0.3, -0.25) is 27.8 Å². The van der Waals surface area contributed by atoms with E-state index in [2.05, 4.69) is 55.5 Å². The maximum Gasteiger partial charge on any atom is 0.472 e. The third kappa shape index (κ3) is 8.76. The number of nitrogen functional groups attached to an aromatic ring is 1. The highest BCUT2D eigenvalue weighted by Gasteiger charge is 2.54. The van der Waals surface area contributed by atoms with Crippen LogP contribution in [0.1, 0.15) is 65.4 Å². The lowest BCUT2D eigenvalue weighted by molar-refractivity contribution is -0.0642. The number of nitrogens with one attached hydrogen (secondary N) is 1. The van der Waals surface area contributed by atoms with Crippen molar-refractivity contribution >= 4 is 54.4 Å². The third-order valence-corrected chi connectivity index (χ3v) is 13.6. The summed E-state index contributed by atoms with van der Waals surface area (Å²) in [6.45, 7) is 7.27. The Morgan fingerprint density at radius 2 is 1.69 bits per heavy atom. The Balaban J connectivity index is 1.17. The number of ether oxygens (including phenoxy) is 2. The van der Waals surface area contributed by atoms with Crippen molar-refractivity contribution in [2.45, 2.75) is 102 Å². The van der Waals surface area contributed by atoms with Gasteiger partial charge in [0, 0.05) is 18.8 Å². The first-order valence-electron chi connectivity index (χ1n) is 19.1. The topological polar surface area (TPSA) is 260 Å². The molecule has 3 aliphatic rings. The number of H-pyrrole nitrogens is 1. The molecule has 7 rings (SSSR count). The predicted molar refractivity (Wildman–Crippen MR) is 209 cm³/mol. The fourth-order valence-corrected chi connectivity index (χ4v) is 10.2. The number of aliphatic hydroxyl groups is 1. The zero-order chi connectivity index (χ0) is 42.6. The lowest BCUT2D eigenvalue weighted by Crippen LogP contribution is -2.37. The van der Waals surface area contributed by atoms with Crippen molar-refractivity contribution in [2.24, 2.45) is 0 Å². The minimum Gasteiger partial charge on any atom is -0.387 e. The van der Waals surface area contributed by atoms with Crippen LogP contribution >= 0.6 is 14.5 Å². The maximum atomic E-state index is 16.2. The Morgan fingerprint density at radius 1 is 1.00 bits per heavy atom. The van der Waals surface area contributed by atoms with Crippen LogP contribution in [0.4, 0.5) is 14.6 Å². The number of fused-ring (bicyclic) bond motifs is 5. The number of hydrogen-bond acceptors (Lipinski definition) is 17.